The number of aliphatic hydroxyl groups excluding tert-OH is 1. The molecule has 3 heteroatoms. The summed E-state index contributed by atoms with van der Waals surface area (Å²) in [5, 5.41) is 13.0. The summed E-state index contributed by atoms with van der Waals surface area (Å²) in [5.74, 6) is 0.723. The van der Waals surface area contributed by atoms with Crippen LogP contribution in [0.2, 0.25) is 0 Å². The molecule has 3 nitrogen and oxygen atoms in total. The van der Waals surface area contributed by atoms with E-state index in [1.807, 2.05) is 18.2 Å². The molecule has 2 N–H and O–H groups in total. The summed E-state index contributed by atoms with van der Waals surface area (Å²) in [7, 11) is 0. The second-order valence-electron chi connectivity index (χ2n) is 5.38. The van der Waals surface area contributed by atoms with Crippen molar-refractivity contribution in [1.29, 1.82) is 0 Å². The maximum absolute atomic E-state index is 9.75. The van der Waals surface area contributed by atoms with E-state index in [0.717, 1.165) is 25.5 Å². The summed E-state index contributed by atoms with van der Waals surface area (Å²) >= 11 is 0. The highest BCUT2D eigenvalue weighted by molar-refractivity contribution is 5.14. The van der Waals surface area contributed by atoms with Crippen molar-refractivity contribution in [3.8, 4) is 0 Å². The lowest BCUT2D eigenvalue weighted by molar-refractivity contribution is 0.0346. The second kappa shape index (κ2) is 9.96. The monoisotopic (exact) mass is 265 g/mol. The summed E-state index contributed by atoms with van der Waals surface area (Å²) in [6, 6.07) is 10.2. The molecule has 19 heavy (non-hydrogen) atoms. The van der Waals surface area contributed by atoms with E-state index < -0.39 is 6.10 Å². The van der Waals surface area contributed by atoms with Crippen LogP contribution in [0.5, 0.6) is 0 Å². The molecule has 0 aromatic heterocycles. The van der Waals surface area contributed by atoms with Gasteiger partial charge in [0.1, 0.15) is 0 Å². The molecule has 0 saturated carbocycles. The third-order valence-corrected chi connectivity index (χ3v) is 2.93. The fourth-order valence-electron chi connectivity index (χ4n) is 1.85. The first-order valence-corrected chi connectivity index (χ1v) is 7.19. The summed E-state index contributed by atoms with van der Waals surface area (Å²) in [6.45, 7) is 6.93. The third-order valence-electron chi connectivity index (χ3n) is 2.93. The quantitative estimate of drug-likeness (QED) is 0.639. The largest absolute Gasteiger partial charge is 0.389 e. The molecule has 0 saturated heterocycles. The van der Waals surface area contributed by atoms with Crippen LogP contribution in [-0.4, -0.2) is 31.0 Å². The highest BCUT2D eigenvalue weighted by Gasteiger charge is 2.03. The molecule has 1 aromatic carbocycles. The van der Waals surface area contributed by atoms with Crippen LogP contribution in [0.15, 0.2) is 30.3 Å². The molecular weight excluding hydrogens is 238 g/mol. The third kappa shape index (κ3) is 8.76. The number of nitrogens with one attached hydrogen (secondary N) is 1. The van der Waals surface area contributed by atoms with E-state index in [1.165, 1.54) is 12.0 Å². The molecule has 0 amide bonds. The highest BCUT2D eigenvalue weighted by Crippen LogP contribution is 2.03. The van der Waals surface area contributed by atoms with Crippen LogP contribution >= 0.6 is 0 Å². The van der Waals surface area contributed by atoms with Crippen LogP contribution in [0, 0.1) is 5.92 Å². The number of hydrogen-bond acceptors (Lipinski definition) is 3. The first-order valence-electron chi connectivity index (χ1n) is 7.19. The number of ether oxygens (including phenoxy) is 1. The van der Waals surface area contributed by atoms with E-state index in [0.29, 0.717) is 13.2 Å². The van der Waals surface area contributed by atoms with E-state index in [1.54, 1.807) is 0 Å². The molecule has 0 bridgehead atoms. The topological polar surface area (TPSA) is 41.5 Å². The Bertz CT molecular complexity index is 314. The Morgan fingerprint density at radius 2 is 1.95 bits per heavy atom. The van der Waals surface area contributed by atoms with Gasteiger partial charge < -0.3 is 15.2 Å². The maximum atomic E-state index is 9.75. The lowest BCUT2D eigenvalue weighted by atomic mass is 10.1. The van der Waals surface area contributed by atoms with Crippen molar-refractivity contribution < 1.29 is 9.84 Å². The molecule has 108 valence electrons. The molecule has 1 unspecified atom stereocenters. The number of rotatable bonds is 10. The minimum absolute atomic E-state index is 0.417. The molecule has 1 atom stereocenters. The van der Waals surface area contributed by atoms with Crippen molar-refractivity contribution >= 4 is 0 Å². The zero-order valence-corrected chi connectivity index (χ0v) is 12.1. The van der Waals surface area contributed by atoms with E-state index in [2.05, 4.69) is 31.3 Å². The molecule has 0 aliphatic carbocycles. The van der Waals surface area contributed by atoms with Gasteiger partial charge in [-0.25, -0.2) is 0 Å². The van der Waals surface area contributed by atoms with E-state index >= 15 is 0 Å². The average molecular weight is 265 g/mol. The van der Waals surface area contributed by atoms with Crippen molar-refractivity contribution in [2.24, 2.45) is 5.92 Å². The van der Waals surface area contributed by atoms with Crippen LogP contribution in [0.25, 0.3) is 0 Å². The van der Waals surface area contributed by atoms with Gasteiger partial charge in [-0.15, -0.1) is 0 Å². The van der Waals surface area contributed by atoms with Gasteiger partial charge in [0, 0.05) is 19.7 Å². The van der Waals surface area contributed by atoms with Crippen molar-refractivity contribution in [3.63, 3.8) is 0 Å². The Morgan fingerprint density at radius 3 is 2.63 bits per heavy atom. The van der Waals surface area contributed by atoms with Gasteiger partial charge in [0.15, 0.2) is 0 Å². The van der Waals surface area contributed by atoms with Gasteiger partial charge >= 0.3 is 0 Å². The normalized spacial score (nSPS) is 12.8. The smallest absolute Gasteiger partial charge is 0.0897 e. The van der Waals surface area contributed by atoms with Crippen molar-refractivity contribution in [2.75, 3.05) is 19.8 Å². The standard InChI is InChI=1S/C16H27NO2/c1-14(2)7-6-10-19-13-16(18)12-17-11-15-8-4-3-5-9-15/h3-5,8-9,14,16-18H,6-7,10-13H2,1-2H3. The summed E-state index contributed by atoms with van der Waals surface area (Å²) in [5.41, 5.74) is 1.23. The Morgan fingerprint density at radius 1 is 1.21 bits per heavy atom. The Balaban J connectivity index is 1.97. The molecule has 0 spiro atoms. The SMILES string of the molecule is CC(C)CCCOCC(O)CNCc1ccccc1. The van der Waals surface area contributed by atoms with Crippen LogP contribution in [0.1, 0.15) is 32.3 Å². The number of benzene rings is 1. The Labute approximate surface area is 117 Å². The lowest BCUT2D eigenvalue weighted by Gasteiger charge is -2.13. The molecule has 0 radical (unpaired) electrons. The van der Waals surface area contributed by atoms with Crippen LogP contribution in [-0.2, 0) is 11.3 Å². The molecule has 0 aliphatic heterocycles. The first-order chi connectivity index (χ1) is 9.18. The number of hydrogen-bond donors (Lipinski definition) is 2. The van der Waals surface area contributed by atoms with E-state index in [-0.39, 0.29) is 0 Å². The van der Waals surface area contributed by atoms with Gasteiger partial charge in [-0.1, -0.05) is 44.2 Å². The minimum Gasteiger partial charge on any atom is -0.389 e. The van der Waals surface area contributed by atoms with E-state index in [4.69, 9.17) is 4.74 Å². The van der Waals surface area contributed by atoms with Crippen LogP contribution in [0.4, 0.5) is 0 Å². The molecule has 1 aromatic rings. The molecule has 0 heterocycles. The van der Waals surface area contributed by atoms with Crippen molar-refractivity contribution in [3.05, 3.63) is 35.9 Å². The van der Waals surface area contributed by atoms with Gasteiger partial charge in [-0.05, 0) is 24.3 Å². The van der Waals surface area contributed by atoms with Crippen molar-refractivity contribution in [1.82, 2.24) is 5.32 Å². The van der Waals surface area contributed by atoms with Gasteiger partial charge in [0.2, 0.25) is 0 Å². The second-order valence-corrected chi connectivity index (χ2v) is 5.38. The fourth-order valence-corrected chi connectivity index (χ4v) is 1.85. The average Bonchev–Trinajstić information content (AvgIpc) is 2.39. The predicted molar refractivity (Wildman–Crippen MR) is 79.0 cm³/mol. The van der Waals surface area contributed by atoms with Gasteiger partial charge in [-0.3, -0.25) is 0 Å². The Hall–Kier alpha value is -0.900. The number of aliphatic hydroxyl groups is 1. The van der Waals surface area contributed by atoms with Gasteiger partial charge in [-0.2, -0.15) is 0 Å². The minimum atomic E-state index is -0.428. The Kier molecular flexibility index (Phi) is 8.47. The van der Waals surface area contributed by atoms with Crippen LogP contribution in [0.3, 0.4) is 0 Å². The molecule has 1 rings (SSSR count). The zero-order chi connectivity index (χ0) is 13.9. The maximum Gasteiger partial charge on any atom is 0.0897 e. The molecule has 0 aliphatic rings. The summed E-state index contributed by atoms with van der Waals surface area (Å²) in [4.78, 5) is 0. The van der Waals surface area contributed by atoms with Crippen molar-refractivity contribution in [2.45, 2.75) is 39.3 Å². The van der Waals surface area contributed by atoms with Crippen LogP contribution < -0.4 is 5.32 Å². The lowest BCUT2D eigenvalue weighted by Crippen LogP contribution is -2.30. The first kappa shape index (κ1) is 16.2. The van der Waals surface area contributed by atoms with Gasteiger partial charge in [0.05, 0.1) is 12.7 Å². The molecular formula is C16H27NO2. The highest BCUT2D eigenvalue weighted by atomic mass is 16.5. The predicted octanol–water partition coefficient (Wildman–Crippen LogP) is 2.59. The van der Waals surface area contributed by atoms with Gasteiger partial charge in [0.25, 0.3) is 0 Å². The summed E-state index contributed by atoms with van der Waals surface area (Å²) in [6.07, 6.45) is 1.83. The zero-order valence-electron chi connectivity index (χ0n) is 12.1. The van der Waals surface area contributed by atoms with E-state index in [9.17, 15) is 5.11 Å². The fraction of sp³-hybridized carbons (Fsp3) is 0.625. The summed E-state index contributed by atoms with van der Waals surface area (Å²) < 4.78 is 5.46. The molecule has 0 fully saturated rings.